The number of carbonyl (C=O) groups is 2. The molecule has 0 aliphatic carbocycles. The van der Waals surface area contributed by atoms with Crippen LogP contribution in [0.3, 0.4) is 0 Å². The van der Waals surface area contributed by atoms with Gasteiger partial charge < -0.3 is 5.32 Å². The van der Waals surface area contributed by atoms with E-state index in [1.54, 1.807) is 24.3 Å². The zero-order chi connectivity index (χ0) is 22.0. The monoisotopic (exact) mass is 432 g/mol. The molecule has 0 bridgehead atoms. The summed E-state index contributed by atoms with van der Waals surface area (Å²) >= 11 is 1.88. The number of nitrogens with zero attached hydrogens (tertiary/aromatic N) is 1. The minimum atomic E-state index is -0.0380. The molecule has 0 radical (unpaired) electrons. The molecule has 1 unspecified atom stereocenters. The molecule has 0 saturated heterocycles. The molecule has 160 valence electrons. The lowest BCUT2D eigenvalue weighted by Crippen LogP contribution is -2.40. The molecule has 0 spiro atoms. The zero-order valence-corrected chi connectivity index (χ0v) is 19.1. The van der Waals surface area contributed by atoms with Gasteiger partial charge in [0.15, 0.2) is 5.78 Å². The molecule has 0 saturated carbocycles. The molecule has 1 aromatic heterocycles. The quantitative estimate of drug-likeness (QED) is 0.530. The number of thiophene rings is 1. The number of amides is 1. The van der Waals surface area contributed by atoms with Crippen LogP contribution in [0.4, 0.5) is 5.69 Å². The maximum absolute atomic E-state index is 12.9. The number of Topliss-reactive ketones (excluding diaryl/α,β-unsaturated/α-hetero) is 1. The molecule has 1 aliphatic heterocycles. The van der Waals surface area contributed by atoms with Gasteiger partial charge in [0.1, 0.15) is 0 Å². The number of aryl methyl sites for hydroxylation is 1. The average molecular weight is 433 g/mol. The number of rotatable bonds is 6. The van der Waals surface area contributed by atoms with Gasteiger partial charge in [0.05, 0.1) is 12.6 Å². The number of ketones is 1. The van der Waals surface area contributed by atoms with Crippen molar-refractivity contribution < 1.29 is 9.59 Å². The molecule has 4 rings (SSSR count). The van der Waals surface area contributed by atoms with Gasteiger partial charge in [-0.15, -0.1) is 11.3 Å². The fourth-order valence-corrected chi connectivity index (χ4v) is 5.96. The Morgan fingerprint density at radius 3 is 2.45 bits per heavy atom. The van der Waals surface area contributed by atoms with E-state index in [1.165, 1.54) is 33.4 Å². The minimum Gasteiger partial charge on any atom is -0.325 e. The number of carbonyl (C=O) groups excluding carboxylic acids is 2. The van der Waals surface area contributed by atoms with E-state index < -0.39 is 0 Å². The first-order valence-corrected chi connectivity index (χ1v) is 11.6. The fraction of sp³-hybridized carbons (Fsp3) is 0.308. The van der Waals surface area contributed by atoms with Crippen molar-refractivity contribution in [3.05, 3.63) is 86.6 Å². The van der Waals surface area contributed by atoms with Crippen LogP contribution < -0.4 is 5.32 Å². The molecule has 3 aromatic rings. The Labute approximate surface area is 187 Å². The van der Waals surface area contributed by atoms with Crippen molar-refractivity contribution in [3.8, 4) is 0 Å². The standard InChI is InChI=1S/C26H28N2O2S/c1-4-22-18(3)31-26-23(22)14-15-28(25(26)20-8-6-5-7-9-20)16-24(30)27-21-12-10-19(11-13-21)17(2)29/h5-13,25H,4,14-16H2,1-3H3,(H,27,30). The third-order valence-corrected chi connectivity index (χ3v) is 7.25. The SMILES string of the molecule is CCc1c(C)sc2c1CCN(CC(=O)Nc1ccc(C(C)=O)cc1)C2c1ccccc1. The highest BCUT2D eigenvalue weighted by Gasteiger charge is 2.33. The fourth-order valence-electron chi connectivity index (χ4n) is 4.50. The van der Waals surface area contributed by atoms with Gasteiger partial charge in [0.25, 0.3) is 0 Å². The van der Waals surface area contributed by atoms with Crippen LogP contribution in [0.1, 0.15) is 56.7 Å². The Balaban J connectivity index is 1.57. The number of benzene rings is 2. The van der Waals surface area contributed by atoms with Crippen LogP contribution in [0.2, 0.25) is 0 Å². The van der Waals surface area contributed by atoms with Crippen molar-refractivity contribution in [1.82, 2.24) is 4.90 Å². The second-order valence-corrected chi connectivity index (χ2v) is 9.30. The van der Waals surface area contributed by atoms with Crippen LogP contribution >= 0.6 is 11.3 Å². The van der Waals surface area contributed by atoms with Crippen LogP contribution in [0.5, 0.6) is 0 Å². The molecule has 1 amide bonds. The summed E-state index contributed by atoms with van der Waals surface area (Å²) in [6, 6.07) is 17.7. The van der Waals surface area contributed by atoms with Crippen molar-refractivity contribution >= 4 is 28.7 Å². The van der Waals surface area contributed by atoms with E-state index in [-0.39, 0.29) is 17.7 Å². The molecule has 5 heteroatoms. The van der Waals surface area contributed by atoms with E-state index in [1.807, 2.05) is 17.4 Å². The predicted molar refractivity (Wildman–Crippen MR) is 127 cm³/mol. The molecule has 1 atom stereocenters. The minimum absolute atomic E-state index is 0.0189. The van der Waals surface area contributed by atoms with Crippen LogP contribution in [0, 0.1) is 6.92 Å². The van der Waals surface area contributed by atoms with Gasteiger partial charge in [-0.1, -0.05) is 37.3 Å². The first-order valence-electron chi connectivity index (χ1n) is 10.8. The number of fused-ring (bicyclic) bond motifs is 1. The summed E-state index contributed by atoms with van der Waals surface area (Å²) in [6.45, 7) is 7.16. The molecule has 4 nitrogen and oxygen atoms in total. The summed E-state index contributed by atoms with van der Waals surface area (Å²) in [7, 11) is 0. The van der Waals surface area contributed by atoms with E-state index >= 15 is 0 Å². The summed E-state index contributed by atoms with van der Waals surface area (Å²) in [6.07, 6.45) is 2.03. The zero-order valence-electron chi connectivity index (χ0n) is 18.3. The van der Waals surface area contributed by atoms with Crippen LogP contribution in [0.15, 0.2) is 54.6 Å². The Bertz CT molecular complexity index is 1090. The van der Waals surface area contributed by atoms with E-state index in [2.05, 4.69) is 48.3 Å². The van der Waals surface area contributed by atoms with E-state index in [4.69, 9.17) is 0 Å². The maximum atomic E-state index is 12.9. The highest BCUT2D eigenvalue weighted by molar-refractivity contribution is 7.12. The highest BCUT2D eigenvalue weighted by Crippen LogP contribution is 2.42. The second kappa shape index (κ2) is 9.16. The largest absolute Gasteiger partial charge is 0.325 e. The average Bonchev–Trinajstić information content (AvgIpc) is 3.09. The predicted octanol–water partition coefficient (Wildman–Crippen LogP) is 5.41. The number of hydrogen-bond acceptors (Lipinski definition) is 4. The van der Waals surface area contributed by atoms with Gasteiger partial charge >= 0.3 is 0 Å². The first kappa shape index (κ1) is 21.5. The van der Waals surface area contributed by atoms with Crippen molar-refractivity contribution in [2.45, 2.75) is 39.7 Å². The Morgan fingerprint density at radius 1 is 1.10 bits per heavy atom. The lowest BCUT2D eigenvalue weighted by atomic mass is 9.91. The van der Waals surface area contributed by atoms with Gasteiger partial charge in [-0.2, -0.15) is 0 Å². The topological polar surface area (TPSA) is 49.4 Å². The van der Waals surface area contributed by atoms with Crippen LogP contribution in [0.25, 0.3) is 0 Å². The van der Waals surface area contributed by atoms with Crippen molar-refractivity contribution in [1.29, 1.82) is 0 Å². The summed E-state index contributed by atoms with van der Waals surface area (Å²) < 4.78 is 0. The molecule has 2 aromatic carbocycles. The lowest BCUT2D eigenvalue weighted by molar-refractivity contribution is -0.117. The van der Waals surface area contributed by atoms with Gasteiger partial charge in [0, 0.05) is 27.5 Å². The third kappa shape index (κ3) is 4.48. The van der Waals surface area contributed by atoms with Crippen molar-refractivity contribution in [3.63, 3.8) is 0 Å². The maximum Gasteiger partial charge on any atom is 0.238 e. The molecule has 1 N–H and O–H groups in total. The summed E-state index contributed by atoms with van der Waals surface area (Å²) in [5.74, 6) is -0.0191. The van der Waals surface area contributed by atoms with Crippen LogP contribution in [-0.4, -0.2) is 29.7 Å². The summed E-state index contributed by atoms with van der Waals surface area (Å²) in [5.41, 5.74) is 5.55. The van der Waals surface area contributed by atoms with E-state index in [0.29, 0.717) is 17.8 Å². The molecule has 0 fully saturated rings. The number of hydrogen-bond donors (Lipinski definition) is 1. The normalized spacial score (nSPS) is 16.0. The number of anilines is 1. The van der Waals surface area contributed by atoms with Crippen LogP contribution in [-0.2, 0) is 17.6 Å². The van der Waals surface area contributed by atoms with Gasteiger partial charge in [-0.25, -0.2) is 0 Å². The van der Waals surface area contributed by atoms with Crippen molar-refractivity contribution in [2.24, 2.45) is 0 Å². The van der Waals surface area contributed by atoms with Gasteiger partial charge in [-0.05, 0) is 67.6 Å². The lowest BCUT2D eigenvalue weighted by Gasteiger charge is -2.36. The first-order chi connectivity index (χ1) is 15.0. The van der Waals surface area contributed by atoms with E-state index in [9.17, 15) is 9.59 Å². The second-order valence-electron chi connectivity index (χ2n) is 8.05. The van der Waals surface area contributed by atoms with Gasteiger partial charge in [0.2, 0.25) is 5.91 Å². The Kier molecular flexibility index (Phi) is 6.35. The Morgan fingerprint density at radius 2 is 1.81 bits per heavy atom. The molecule has 31 heavy (non-hydrogen) atoms. The molecular formula is C26H28N2O2S. The summed E-state index contributed by atoms with van der Waals surface area (Å²) in [4.78, 5) is 29.4. The molecule has 1 aliphatic rings. The van der Waals surface area contributed by atoms with Gasteiger partial charge in [-0.3, -0.25) is 14.5 Å². The molecular weight excluding hydrogens is 404 g/mol. The van der Waals surface area contributed by atoms with Crippen molar-refractivity contribution in [2.75, 3.05) is 18.4 Å². The molecule has 2 heterocycles. The third-order valence-electron chi connectivity index (χ3n) is 6.00. The Hall–Kier alpha value is -2.76. The highest BCUT2D eigenvalue weighted by atomic mass is 32.1. The van der Waals surface area contributed by atoms with E-state index in [0.717, 1.165) is 19.4 Å². The summed E-state index contributed by atoms with van der Waals surface area (Å²) in [5, 5.41) is 2.99. The number of nitrogens with one attached hydrogen (secondary N) is 1. The smallest absolute Gasteiger partial charge is 0.238 e.